The third-order valence-corrected chi connectivity index (χ3v) is 2.56. The Balaban J connectivity index is 3.05. The number of terminal acetylenes is 1. The number of rotatable bonds is 4. The number of aryl methyl sites for hydroxylation is 1. The number of carboxylic acids is 1. The van der Waals surface area contributed by atoms with E-state index in [2.05, 4.69) is 5.92 Å². The van der Waals surface area contributed by atoms with E-state index in [4.69, 9.17) is 23.1 Å². The van der Waals surface area contributed by atoms with Gasteiger partial charge in [-0.2, -0.15) is 0 Å². The summed E-state index contributed by atoms with van der Waals surface area (Å²) in [6, 6.07) is 4.87. The fourth-order valence-electron chi connectivity index (χ4n) is 1.47. The van der Waals surface area contributed by atoms with Gasteiger partial charge in [0, 0.05) is 10.6 Å². The van der Waals surface area contributed by atoms with Gasteiger partial charge in [0.2, 0.25) is 0 Å². The highest BCUT2D eigenvalue weighted by Gasteiger charge is 2.19. The Hall–Kier alpha value is -1.99. The maximum absolute atomic E-state index is 12.2. The third kappa shape index (κ3) is 3.51. The van der Waals surface area contributed by atoms with Crippen molar-refractivity contribution in [2.24, 2.45) is 0 Å². The molecule has 0 heterocycles. The number of carboxylic acid groups (broad SMARTS) is 1. The molecule has 0 atom stereocenters. The highest BCUT2D eigenvalue weighted by Crippen LogP contribution is 2.17. The zero-order valence-corrected chi connectivity index (χ0v) is 10.6. The zero-order chi connectivity index (χ0) is 13.7. The minimum atomic E-state index is -1.11. The van der Waals surface area contributed by atoms with Crippen molar-refractivity contribution in [3.63, 3.8) is 0 Å². The van der Waals surface area contributed by atoms with Gasteiger partial charge in [-0.25, -0.2) is 0 Å². The van der Waals surface area contributed by atoms with Crippen molar-refractivity contribution in [3.8, 4) is 12.3 Å². The predicted molar refractivity (Wildman–Crippen MR) is 68.6 cm³/mol. The van der Waals surface area contributed by atoms with E-state index in [1.807, 2.05) is 0 Å². The summed E-state index contributed by atoms with van der Waals surface area (Å²) in [7, 11) is 0. The van der Waals surface area contributed by atoms with Gasteiger partial charge < -0.3 is 10.0 Å². The van der Waals surface area contributed by atoms with E-state index >= 15 is 0 Å². The molecule has 1 rings (SSSR count). The summed E-state index contributed by atoms with van der Waals surface area (Å²) in [5, 5.41) is 9.16. The lowest BCUT2D eigenvalue weighted by Crippen LogP contribution is -2.36. The van der Waals surface area contributed by atoms with Gasteiger partial charge in [0.1, 0.15) is 6.54 Å². The Labute approximate surface area is 110 Å². The summed E-state index contributed by atoms with van der Waals surface area (Å²) in [5.41, 5.74) is 1.08. The molecular formula is C13H12ClNO3. The van der Waals surface area contributed by atoms with Crippen molar-refractivity contribution in [2.75, 3.05) is 13.1 Å². The van der Waals surface area contributed by atoms with Gasteiger partial charge in [0.25, 0.3) is 5.91 Å². The Morgan fingerprint density at radius 3 is 2.72 bits per heavy atom. The molecular weight excluding hydrogens is 254 g/mol. The van der Waals surface area contributed by atoms with Gasteiger partial charge in [0.15, 0.2) is 0 Å². The number of hydrogen-bond donors (Lipinski definition) is 1. The first kappa shape index (κ1) is 14.1. The molecule has 5 heteroatoms. The summed E-state index contributed by atoms with van der Waals surface area (Å²) >= 11 is 5.82. The number of amides is 1. The van der Waals surface area contributed by atoms with Crippen LogP contribution < -0.4 is 0 Å². The number of carbonyl (C=O) groups excluding carboxylic acids is 1. The second kappa shape index (κ2) is 6.08. The highest BCUT2D eigenvalue weighted by atomic mass is 35.5. The molecule has 1 aromatic rings. The van der Waals surface area contributed by atoms with Crippen LogP contribution in [0.15, 0.2) is 18.2 Å². The van der Waals surface area contributed by atoms with E-state index in [-0.39, 0.29) is 6.54 Å². The van der Waals surface area contributed by atoms with Gasteiger partial charge in [-0.05, 0) is 24.6 Å². The molecule has 0 spiro atoms. The van der Waals surface area contributed by atoms with Crippen LogP contribution in [0.2, 0.25) is 5.02 Å². The lowest BCUT2D eigenvalue weighted by molar-refractivity contribution is -0.137. The van der Waals surface area contributed by atoms with Crippen LogP contribution in [0.25, 0.3) is 0 Å². The molecule has 1 amide bonds. The fraction of sp³-hybridized carbons (Fsp3) is 0.231. The Bertz CT molecular complexity index is 519. The number of carbonyl (C=O) groups is 2. The molecule has 0 aliphatic carbocycles. The van der Waals surface area contributed by atoms with E-state index in [9.17, 15) is 9.59 Å². The smallest absolute Gasteiger partial charge is 0.323 e. The third-order valence-electron chi connectivity index (χ3n) is 2.33. The molecule has 18 heavy (non-hydrogen) atoms. The average molecular weight is 266 g/mol. The number of nitrogens with zero attached hydrogens (tertiary/aromatic N) is 1. The van der Waals surface area contributed by atoms with E-state index in [0.717, 1.165) is 10.5 Å². The van der Waals surface area contributed by atoms with Crippen LogP contribution in [0, 0.1) is 19.3 Å². The monoisotopic (exact) mass is 265 g/mol. The van der Waals surface area contributed by atoms with Crippen LogP contribution in [0.1, 0.15) is 15.9 Å². The minimum Gasteiger partial charge on any atom is -0.480 e. The summed E-state index contributed by atoms with van der Waals surface area (Å²) < 4.78 is 0. The summed E-state index contributed by atoms with van der Waals surface area (Å²) in [6.45, 7) is 1.25. The standard InChI is InChI=1S/C13H12ClNO3/c1-3-6-15(8-12(16)17)13(18)11-7-10(14)5-4-9(11)2/h1,4-5,7H,6,8H2,2H3,(H,16,17). The molecule has 1 aromatic carbocycles. The SMILES string of the molecule is C#CCN(CC(=O)O)C(=O)c1cc(Cl)ccc1C. The maximum Gasteiger partial charge on any atom is 0.323 e. The van der Waals surface area contributed by atoms with Crippen LogP contribution in [-0.4, -0.2) is 35.0 Å². The van der Waals surface area contributed by atoms with Crippen LogP contribution >= 0.6 is 11.6 Å². The second-order valence-corrected chi connectivity index (χ2v) is 4.15. The van der Waals surface area contributed by atoms with Crippen LogP contribution in [0.4, 0.5) is 0 Å². The molecule has 0 aromatic heterocycles. The summed E-state index contributed by atoms with van der Waals surface area (Å²) in [4.78, 5) is 23.9. The van der Waals surface area contributed by atoms with E-state index in [1.165, 1.54) is 6.07 Å². The average Bonchev–Trinajstić information content (AvgIpc) is 2.30. The molecule has 94 valence electrons. The van der Waals surface area contributed by atoms with Crippen LogP contribution in [0.5, 0.6) is 0 Å². The van der Waals surface area contributed by atoms with Gasteiger partial charge >= 0.3 is 5.97 Å². The normalized spacial score (nSPS) is 9.61. The number of halogens is 1. The largest absolute Gasteiger partial charge is 0.480 e. The quantitative estimate of drug-likeness (QED) is 0.845. The van der Waals surface area contributed by atoms with Crippen molar-refractivity contribution in [1.82, 2.24) is 4.90 Å². The first-order chi connectivity index (χ1) is 8.45. The second-order valence-electron chi connectivity index (χ2n) is 3.72. The molecule has 0 bridgehead atoms. The van der Waals surface area contributed by atoms with Gasteiger partial charge in [-0.15, -0.1) is 6.42 Å². The van der Waals surface area contributed by atoms with Gasteiger partial charge in [-0.3, -0.25) is 9.59 Å². The lowest BCUT2D eigenvalue weighted by Gasteiger charge is -2.19. The Morgan fingerprint density at radius 1 is 1.50 bits per heavy atom. The van der Waals surface area contributed by atoms with E-state index < -0.39 is 18.4 Å². The van der Waals surface area contributed by atoms with Crippen molar-refractivity contribution in [2.45, 2.75) is 6.92 Å². The Morgan fingerprint density at radius 2 is 2.17 bits per heavy atom. The maximum atomic E-state index is 12.2. The van der Waals surface area contributed by atoms with Crippen LogP contribution in [0.3, 0.4) is 0 Å². The highest BCUT2D eigenvalue weighted by molar-refractivity contribution is 6.31. The zero-order valence-electron chi connectivity index (χ0n) is 9.81. The molecule has 4 nitrogen and oxygen atoms in total. The first-order valence-corrected chi connectivity index (χ1v) is 5.54. The summed E-state index contributed by atoms with van der Waals surface area (Å²) in [5.74, 6) is 0.719. The molecule has 0 radical (unpaired) electrons. The van der Waals surface area contributed by atoms with E-state index in [1.54, 1.807) is 19.1 Å². The molecule has 0 unspecified atom stereocenters. The molecule has 1 N–H and O–H groups in total. The minimum absolute atomic E-state index is 0.0584. The number of hydrogen-bond acceptors (Lipinski definition) is 2. The molecule has 0 fully saturated rings. The van der Waals surface area contributed by atoms with Crippen molar-refractivity contribution < 1.29 is 14.7 Å². The van der Waals surface area contributed by atoms with Crippen molar-refractivity contribution in [3.05, 3.63) is 34.3 Å². The van der Waals surface area contributed by atoms with E-state index in [0.29, 0.717) is 10.6 Å². The van der Waals surface area contributed by atoms with Crippen LogP contribution in [-0.2, 0) is 4.79 Å². The van der Waals surface area contributed by atoms with Gasteiger partial charge in [-0.1, -0.05) is 23.6 Å². The fourth-order valence-corrected chi connectivity index (χ4v) is 1.64. The Kier molecular flexibility index (Phi) is 4.75. The van der Waals surface area contributed by atoms with Crippen molar-refractivity contribution >= 4 is 23.5 Å². The topological polar surface area (TPSA) is 57.6 Å². The lowest BCUT2D eigenvalue weighted by atomic mass is 10.1. The molecule has 0 saturated carbocycles. The molecule has 0 aliphatic heterocycles. The number of benzene rings is 1. The predicted octanol–water partition coefficient (Wildman–Crippen LogP) is 1.81. The first-order valence-electron chi connectivity index (χ1n) is 5.16. The summed E-state index contributed by atoms with van der Waals surface area (Å²) in [6.07, 6.45) is 5.13. The van der Waals surface area contributed by atoms with Gasteiger partial charge in [0.05, 0.1) is 6.54 Å². The van der Waals surface area contributed by atoms with Crippen molar-refractivity contribution in [1.29, 1.82) is 0 Å². The molecule has 0 aliphatic rings. The molecule has 0 saturated heterocycles. The number of aliphatic carboxylic acids is 1.